The van der Waals surface area contributed by atoms with E-state index in [0.29, 0.717) is 11.6 Å². The van der Waals surface area contributed by atoms with Gasteiger partial charge in [0.25, 0.3) is 0 Å². The molecule has 2 heterocycles. The highest BCUT2D eigenvalue weighted by atomic mass is 35.5. The second kappa shape index (κ2) is 6.91. The summed E-state index contributed by atoms with van der Waals surface area (Å²) in [5.74, 6) is 0.789. The van der Waals surface area contributed by atoms with Crippen LogP contribution in [0, 0.1) is 0 Å². The van der Waals surface area contributed by atoms with Crippen molar-refractivity contribution < 1.29 is 0 Å². The van der Waals surface area contributed by atoms with Crippen LogP contribution in [0.25, 0.3) is 10.9 Å². The zero-order valence-corrected chi connectivity index (χ0v) is 14.2. The number of aromatic nitrogens is 4. The van der Waals surface area contributed by atoms with Gasteiger partial charge in [0.15, 0.2) is 0 Å². The van der Waals surface area contributed by atoms with Crippen LogP contribution < -0.4 is 5.32 Å². The van der Waals surface area contributed by atoms with E-state index in [0.717, 1.165) is 28.8 Å². The number of nitrogens with one attached hydrogen (secondary N) is 1. The van der Waals surface area contributed by atoms with Crippen molar-refractivity contribution in [3.05, 3.63) is 83.4 Å². The molecule has 0 aliphatic heterocycles. The summed E-state index contributed by atoms with van der Waals surface area (Å²) in [4.78, 5) is 8.59. The molecule has 1 N–H and O–H groups in total. The van der Waals surface area contributed by atoms with Crippen molar-refractivity contribution in [1.82, 2.24) is 19.7 Å². The maximum Gasteiger partial charge on any atom is 0.137 e. The number of fused-ring (bicyclic) bond motifs is 1. The first-order valence-corrected chi connectivity index (χ1v) is 8.35. The Morgan fingerprint density at radius 1 is 1.00 bits per heavy atom. The minimum absolute atomic E-state index is 0.642. The third kappa shape index (κ3) is 3.61. The zero-order valence-electron chi connectivity index (χ0n) is 13.4. The van der Waals surface area contributed by atoms with E-state index in [1.165, 1.54) is 5.56 Å². The van der Waals surface area contributed by atoms with E-state index in [-0.39, 0.29) is 0 Å². The number of halogens is 1. The van der Waals surface area contributed by atoms with E-state index >= 15 is 0 Å². The summed E-state index contributed by atoms with van der Waals surface area (Å²) >= 11 is 6.02. The predicted octanol–water partition coefficient (Wildman–Crippen LogP) is 4.14. The first kappa shape index (κ1) is 15.6. The van der Waals surface area contributed by atoms with Crippen molar-refractivity contribution in [3.63, 3.8) is 0 Å². The number of hydrogen-bond acceptors (Lipinski definition) is 4. The molecule has 6 heteroatoms. The summed E-state index contributed by atoms with van der Waals surface area (Å²) in [6.07, 6.45) is 5.45. The summed E-state index contributed by atoms with van der Waals surface area (Å²) < 4.78 is 1.93. The Labute approximate surface area is 150 Å². The minimum atomic E-state index is 0.642. The molecule has 2 aromatic heterocycles. The smallest absolute Gasteiger partial charge is 0.137 e. The lowest BCUT2D eigenvalue weighted by molar-refractivity contribution is 0.686. The highest BCUT2D eigenvalue weighted by Crippen LogP contribution is 2.22. The van der Waals surface area contributed by atoms with E-state index in [1.54, 1.807) is 6.33 Å². The monoisotopic (exact) mass is 349 g/mol. The molecule has 0 radical (unpaired) electrons. The van der Waals surface area contributed by atoms with E-state index in [1.807, 2.05) is 53.5 Å². The molecule has 0 bridgehead atoms. The largest absolute Gasteiger partial charge is 0.365 e. The van der Waals surface area contributed by atoms with Crippen LogP contribution in [0.3, 0.4) is 0 Å². The summed E-state index contributed by atoms with van der Waals surface area (Å²) in [5.41, 5.74) is 3.14. The SMILES string of the molecule is Clc1ccc2c(NCc3cnn(Cc4ccccc4)c3)ncnc2c1. The Balaban J connectivity index is 1.47. The van der Waals surface area contributed by atoms with E-state index in [9.17, 15) is 0 Å². The molecule has 0 aliphatic rings. The molecule has 5 nitrogen and oxygen atoms in total. The number of hydrogen-bond donors (Lipinski definition) is 1. The highest BCUT2D eigenvalue weighted by molar-refractivity contribution is 6.31. The molecule has 4 rings (SSSR count). The normalized spacial score (nSPS) is 10.9. The molecule has 0 atom stereocenters. The van der Waals surface area contributed by atoms with Gasteiger partial charge in [0.2, 0.25) is 0 Å². The topological polar surface area (TPSA) is 55.6 Å². The summed E-state index contributed by atoms with van der Waals surface area (Å²) in [7, 11) is 0. The van der Waals surface area contributed by atoms with Gasteiger partial charge in [-0.3, -0.25) is 4.68 Å². The molecule has 25 heavy (non-hydrogen) atoms. The maximum atomic E-state index is 6.02. The standard InChI is InChI=1S/C19H16ClN5/c20-16-6-7-17-18(8-16)22-13-23-19(17)21-9-15-10-24-25(12-15)11-14-4-2-1-3-5-14/h1-8,10,12-13H,9,11H2,(H,21,22,23). The average molecular weight is 350 g/mol. The molecule has 0 aliphatic carbocycles. The quantitative estimate of drug-likeness (QED) is 0.588. The zero-order chi connectivity index (χ0) is 17.1. The van der Waals surface area contributed by atoms with Gasteiger partial charge in [0, 0.05) is 28.7 Å². The first-order valence-electron chi connectivity index (χ1n) is 7.97. The average Bonchev–Trinajstić information content (AvgIpc) is 3.08. The van der Waals surface area contributed by atoms with Crippen LogP contribution in [-0.2, 0) is 13.1 Å². The van der Waals surface area contributed by atoms with Crippen LogP contribution in [0.15, 0.2) is 67.3 Å². The van der Waals surface area contributed by atoms with Crippen LogP contribution in [0.4, 0.5) is 5.82 Å². The van der Waals surface area contributed by atoms with Gasteiger partial charge in [-0.2, -0.15) is 5.10 Å². The molecule has 124 valence electrons. The maximum absolute atomic E-state index is 6.02. The lowest BCUT2D eigenvalue weighted by Crippen LogP contribution is -2.02. The van der Waals surface area contributed by atoms with Crippen LogP contribution in [0.1, 0.15) is 11.1 Å². The Morgan fingerprint density at radius 3 is 2.76 bits per heavy atom. The van der Waals surface area contributed by atoms with E-state index in [4.69, 9.17) is 11.6 Å². The van der Waals surface area contributed by atoms with Crippen LogP contribution in [0.2, 0.25) is 5.02 Å². The minimum Gasteiger partial charge on any atom is -0.365 e. The molecular formula is C19H16ClN5. The summed E-state index contributed by atoms with van der Waals surface area (Å²) in [6.45, 7) is 1.40. The third-order valence-corrected chi connectivity index (χ3v) is 4.17. The molecule has 0 saturated heterocycles. The number of anilines is 1. The lowest BCUT2D eigenvalue weighted by Gasteiger charge is -2.07. The van der Waals surface area contributed by atoms with Crippen LogP contribution >= 0.6 is 11.6 Å². The van der Waals surface area contributed by atoms with Crippen molar-refractivity contribution in [2.75, 3.05) is 5.32 Å². The van der Waals surface area contributed by atoms with Gasteiger partial charge in [-0.15, -0.1) is 0 Å². The summed E-state index contributed by atoms with van der Waals surface area (Å²) in [5, 5.41) is 9.39. The van der Waals surface area contributed by atoms with Gasteiger partial charge in [0.1, 0.15) is 12.1 Å². The number of nitrogens with zero attached hydrogens (tertiary/aromatic N) is 4. The van der Waals surface area contributed by atoms with Crippen molar-refractivity contribution in [2.45, 2.75) is 13.1 Å². The van der Waals surface area contributed by atoms with Crippen molar-refractivity contribution in [2.24, 2.45) is 0 Å². The lowest BCUT2D eigenvalue weighted by atomic mass is 10.2. The fraction of sp³-hybridized carbons (Fsp3) is 0.105. The van der Waals surface area contributed by atoms with Crippen molar-refractivity contribution in [3.8, 4) is 0 Å². The van der Waals surface area contributed by atoms with Gasteiger partial charge in [-0.1, -0.05) is 41.9 Å². The molecular weight excluding hydrogens is 334 g/mol. The first-order chi connectivity index (χ1) is 12.3. The molecule has 0 spiro atoms. The van der Waals surface area contributed by atoms with E-state index < -0.39 is 0 Å². The Hall–Kier alpha value is -2.92. The third-order valence-electron chi connectivity index (χ3n) is 3.93. The fourth-order valence-corrected chi connectivity index (χ4v) is 2.88. The Kier molecular flexibility index (Phi) is 4.31. The van der Waals surface area contributed by atoms with Gasteiger partial charge < -0.3 is 5.32 Å². The van der Waals surface area contributed by atoms with Crippen molar-refractivity contribution in [1.29, 1.82) is 0 Å². The molecule has 0 fully saturated rings. The number of benzene rings is 2. The van der Waals surface area contributed by atoms with Gasteiger partial charge in [0.05, 0.1) is 18.3 Å². The fourth-order valence-electron chi connectivity index (χ4n) is 2.71. The van der Waals surface area contributed by atoms with Gasteiger partial charge in [-0.25, -0.2) is 9.97 Å². The number of rotatable bonds is 5. The molecule has 0 unspecified atom stereocenters. The summed E-state index contributed by atoms with van der Waals surface area (Å²) in [6, 6.07) is 15.9. The van der Waals surface area contributed by atoms with E-state index in [2.05, 4.69) is 32.5 Å². The Morgan fingerprint density at radius 2 is 1.88 bits per heavy atom. The molecule has 0 saturated carbocycles. The molecule has 0 amide bonds. The van der Waals surface area contributed by atoms with Crippen LogP contribution in [0.5, 0.6) is 0 Å². The van der Waals surface area contributed by atoms with Crippen molar-refractivity contribution >= 4 is 28.3 Å². The second-order valence-corrected chi connectivity index (χ2v) is 6.21. The highest BCUT2D eigenvalue weighted by Gasteiger charge is 2.05. The van der Waals surface area contributed by atoms with Gasteiger partial charge >= 0.3 is 0 Å². The molecule has 2 aromatic carbocycles. The van der Waals surface area contributed by atoms with Crippen LogP contribution in [-0.4, -0.2) is 19.7 Å². The van der Waals surface area contributed by atoms with Gasteiger partial charge in [-0.05, 0) is 23.8 Å². The second-order valence-electron chi connectivity index (χ2n) is 5.77. The Bertz CT molecular complexity index is 997. The molecule has 4 aromatic rings. The predicted molar refractivity (Wildman–Crippen MR) is 99.6 cm³/mol.